The van der Waals surface area contributed by atoms with Gasteiger partial charge in [-0.1, -0.05) is 42.5 Å². The molecule has 0 aliphatic carbocycles. The van der Waals surface area contributed by atoms with Crippen LogP contribution in [0.25, 0.3) is 0 Å². The lowest BCUT2D eigenvalue weighted by atomic mass is 9.90. The van der Waals surface area contributed by atoms with E-state index in [1.54, 1.807) is 0 Å². The maximum absolute atomic E-state index is 13.4. The molecule has 5 heteroatoms. The summed E-state index contributed by atoms with van der Waals surface area (Å²) in [5.41, 5.74) is 2.84. The monoisotopic (exact) mass is 347 g/mol. The highest BCUT2D eigenvalue weighted by molar-refractivity contribution is 6.24. The van der Waals surface area contributed by atoms with Crippen LogP contribution < -0.4 is 4.90 Å². The molecule has 0 spiro atoms. The van der Waals surface area contributed by atoms with Gasteiger partial charge in [-0.2, -0.15) is 0 Å². The Hall–Kier alpha value is -2.50. The zero-order valence-electron chi connectivity index (χ0n) is 14.7. The van der Waals surface area contributed by atoms with E-state index in [2.05, 4.69) is 22.2 Å². The van der Waals surface area contributed by atoms with Crippen molar-refractivity contribution in [3.05, 3.63) is 65.7 Å². The highest BCUT2D eigenvalue weighted by Gasteiger charge is 2.62. The van der Waals surface area contributed by atoms with Gasteiger partial charge in [0.05, 0.1) is 17.6 Å². The van der Waals surface area contributed by atoms with Crippen molar-refractivity contribution in [1.29, 1.82) is 0 Å². The zero-order chi connectivity index (χ0) is 17.8. The van der Waals surface area contributed by atoms with Crippen LogP contribution in [0.3, 0.4) is 0 Å². The zero-order valence-corrected chi connectivity index (χ0v) is 14.7. The minimum atomic E-state index is -0.379. The van der Waals surface area contributed by atoms with Crippen molar-refractivity contribution in [2.75, 3.05) is 18.0 Å². The first-order valence-corrected chi connectivity index (χ1v) is 9.19. The van der Waals surface area contributed by atoms with Crippen molar-refractivity contribution in [2.45, 2.75) is 25.4 Å². The van der Waals surface area contributed by atoms with Crippen LogP contribution in [0.1, 0.15) is 23.6 Å². The van der Waals surface area contributed by atoms with Crippen molar-refractivity contribution >= 4 is 17.5 Å². The maximum atomic E-state index is 13.4. The quantitative estimate of drug-likeness (QED) is 0.783. The van der Waals surface area contributed by atoms with Gasteiger partial charge in [0, 0.05) is 13.1 Å². The summed E-state index contributed by atoms with van der Waals surface area (Å²) in [6, 6.07) is 17.3. The second-order valence-corrected chi connectivity index (χ2v) is 7.36. The number of anilines is 1. The molecule has 3 heterocycles. The standard InChI is InChI=1S/C21H21N3O2/c1-14-7-5-10-16(13-14)24-20(25)17-18(15-8-3-2-4-9-15)22-11-6-12-23(22)19(17)21(24)26/h2-5,7-10,13,17-19H,6,11-12H2,1H3/t17-,18+,19-/m0/s1. The molecule has 5 rings (SSSR count). The number of carbonyl (C=O) groups excluding carboxylic acids is 2. The topological polar surface area (TPSA) is 43.9 Å². The molecule has 3 aliphatic rings. The molecule has 2 amide bonds. The summed E-state index contributed by atoms with van der Waals surface area (Å²) >= 11 is 0. The van der Waals surface area contributed by atoms with Crippen LogP contribution in [0.2, 0.25) is 0 Å². The summed E-state index contributed by atoms with van der Waals surface area (Å²) in [6.45, 7) is 3.72. The van der Waals surface area contributed by atoms with E-state index < -0.39 is 0 Å². The molecular formula is C21H21N3O2. The fourth-order valence-corrected chi connectivity index (χ4v) is 4.79. The third-order valence-electron chi connectivity index (χ3n) is 5.81. The van der Waals surface area contributed by atoms with Gasteiger partial charge in [-0.3, -0.25) is 9.59 Å². The Balaban J connectivity index is 1.60. The van der Waals surface area contributed by atoms with Crippen LogP contribution >= 0.6 is 0 Å². The fourth-order valence-electron chi connectivity index (χ4n) is 4.79. The molecule has 0 radical (unpaired) electrons. The molecular weight excluding hydrogens is 326 g/mol. The average Bonchev–Trinajstić information content (AvgIpc) is 3.28. The molecule has 2 aromatic rings. The van der Waals surface area contributed by atoms with Gasteiger partial charge < -0.3 is 0 Å². The third kappa shape index (κ3) is 2.11. The number of hydrogen-bond donors (Lipinski definition) is 0. The summed E-state index contributed by atoms with van der Waals surface area (Å²) in [7, 11) is 0. The van der Waals surface area contributed by atoms with Crippen molar-refractivity contribution in [2.24, 2.45) is 5.92 Å². The van der Waals surface area contributed by atoms with Crippen LogP contribution in [-0.4, -0.2) is 41.0 Å². The Kier molecular flexibility index (Phi) is 3.48. The Bertz CT molecular complexity index is 882. The third-order valence-corrected chi connectivity index (χ3v) is 5.81. The Morgan fingerprint density at radius 1 is 0.846 bits per heavy atom. The lowest BCUT2D eigenvalue weighted by Gasteiger charge is -2.29. The Morgan fingerprint density at radius 3 is 2.31 bits per heavy atom. The molecule has 2 aromatic carbocycles. The van der Waals surface area contributed by atoms with Crippen LogP contribution in [0.5, 0.6) is 0 Å². The number of nitrogens with zero attached hydrogens (tertiary/aromatic N) is 3. The number of imide groups is 1. The summed E-state index contributed by atoms with van der Waals surface area (Å²) < 4.78 is 0. The number of hydrazine groups is 1. The fraction of sp³-hybridized carbons (Fsp3) is 0.333. The van der Waals surface area contributed by atoms with E-state index in [-0.39, 0.29) is 29.8 Å². The van der Waals surface area contributed by atoms with Gasteiger partial charge in [-0.25, -0.2) is 14.9 Å². The molecule has 3 aliphatic heterocycles. The highest BCUT2D eigenvalue weighted by Crippen LogP contribution is 2.48. The summed E-state index contributed by atoms with van der Waals surface area (Å²) in [6.07, 6.45) is 1.03. The second-order valence-electron chi connectivity index (χ2n) is 7.36. The summed E-state index contributed by atoms with van der Waals surface area (Å²) in [5, 5.41) is 4.38. The van der Waals surface area contributed by atoms with E-state index in [0.29, 0.717) is 5.69 Å². The van der Waals surface area contributed by atoms with E-state index in [1.165, 1.54) is 4.90 Å². The van der Waals surface area contributed by atoms with Gasteiger partial charge in [-0.05, 0) is 36.6 Å². The summed E-state index contributed by atoms with van der Waals surface area (Å²) in [4.78, 5) is 28.1. The van der Waals surface area contributed by atoms with Crippen LogP contribution in [0, 0.1) is 12.8 Å². The average molecular weight is 347 g/mol. The Morgan fingerprint density at radius 2 is 1.58 bits per heavy atom. The first-order chi connectivity index (χ1) is 12.7. The van der Waals surface area contributed by atoms with Crippen molar-refractivity contribution in [1.82, 2.24) is 10.0 Å². The first kappa shape index (κ1) is 15.7. The molecule has 3 saturated heterocycles. The second kappa shape index (κ2) is 5.76. The molecule has 26 heavy (non-hydrogen) atoms. The molecule has 0 unspecified atom stereocenters. The van der Waals surface area contributed by atoms with Crippen LogP contribution in [0.15, 0.2) is 54.6 Å². The van der Waals surface area contributed by atoms with Gasteiger partial charge in [0.2, 0.25) is 5.91 Å². The molecule has 132 valence electrons. The van der Waals surface area contributed by atoms with Crippen LogP contribution in [0.4, 0.5) is 5.69 Å². The summed E-state index contributed by atoms with van der Waals surface area (Å²) in [5.74, 6) is -0.504. The number of hydrogen-bond acceptors (Lipinski definition) is 4. The molecule has 5 nitrogen and oxygen atoms in total. The smallest absolute Gasteiger partial charge is 0.253 e. The minimum Gasteiger partial charge on any atom is -0.274 e. The maximum Gasteiger partial charge on any atom is 0.253 e. The van der Waals surface area contributed by atoms with Crippen molar-refractivity contribution < 1.29 is 9.59 Å². The predicted molar refractivity (Wildman–Crippen MR) is 98.2 cm³/mol. The lowest BCUT2D eigenvalue weighted by molar-refractivity contribution is -0.126. The largest absolute Gasteiger partial charge is 0.274 e. The molecule has 0 aromatic heterocycles. The van der Waals surface area contributed by atoms with Gasteiger partial charge in [0.1, 0.15) is 6.04 Å². The van der Waals surface area contributed by atoms with E-state index in [9.17, 15) is 9.59 Å². The number of fused-ring (bicyclic) bond motifs is 3. The van der Waals surface area contributed by atoms with Gasteiger partial charge >= 0.3 is 0 Å². The number of carbonyl (C=O) groups is 2. The minimum absolute atomic E-state index is 0.0602. The SMILES string of the molecule is Cc1cccc(N2C(=O)[C@@H]3[C@@H](C2=O)N2CCCN2[C@@H]3c2ccccc2)c1. The van der Waals surface area contributed by atoms with Crippen LogP contribution in [-0.2, 0) is 9.59 Å². The van der Waals surface area contributed by atoms with E-state index in [4.69, 9.17) is 0 Å². The normalized spacial score (nSPS) is 28.7. The highest BCUT2D eigenvalue weighted by atomic mass is 16.2. The molecule has 0 bridgehead atoms. The van der Waals surface area contributed by atoms with E-state index in [1.807, 2.05) is 49.4 Å². The van der Waals surface area contributed by atoms with E-state index in [0.717, 1.165) is 30.6 Å². The number of amides is 2. The van der Waals surface area contributed by atoms with Gasteiger partial charge in [0.25, 0.3) is 5.91 Å². The number of aryl methyl sites for hydroxylation is 1. The number of benzene rings is 2. The van der Waals surface area contributed by atoms with Crippen molar-refractivity contribution in [3.8, 4) is 0 Å². The predicted octanol–water partition coefficient (Wildman–Crippen LogP) is 2.53. The molecule has 0 saturated carbocycles. The molecule has 3 fully saturated rings. The molecule has 0 N–H and O–H groups in total. The van der Waals surface area contributed by atoms with Crippen molar-refractivity contribution in [3.63, 3.8) is 0 Å². The van der Waals surface area contributed by atoms with Gasteiger partial charge in [-0.15, -0.1) is 0 Å². The van der Waals surface area contributed by atoms with Gasteiger partial charge in [0.15, 0.2) is 0 Å². The van der Waals surface area contributed by atoms with E-state index >= 15 is 0 Å². The number of rotatable bonds is 2. The first-order valence-electron chi connectivity index (χ1n) is 9.19. The Labute approximate surface area is 152 Å². The lowest BCUT2D eigenvalue weighted by Crippen LogP contribution is -2.44. The molecule has 3 atom stereocenters.